The van der Waals surface area contributed by atoms with Gasteiger partial charge in [-0.2, -0.15) is 4.98 Å². The van der Waals surface area contributed by atoms with Gasteiger partial charge in [0.25, 0.3) is 0 Å². The first-order valence-corrected chi connectivity index (χ1v) is 7.46. The SMILES string of the molecule is CNc1nc(Nc2cc(C)cc(C)c2)cc(-c2cccnc2)n1. The highest BCUT2D eigenvalue weighted by molar-refractivity contribution is 5.67. The Morgan fingerprint density at radius 1 is 0.957 bits per heavy atom. The molecule has 23 heavy (non-hydrogen) atoms. The number of hydrogen-bond donors (Lipinski definition) is 2. The molecule has 0 aliphatic heterocycles. The van der Waals surface area contributed by atoms with Crippen LogP contribution in [-0.4, -0.2) is 22.0 Å². The molecule has 116 valence electrons. The number of hydrogen-bond acceptors (Lipinski definition) is 5. The summed E-state index contributed by atoms with van der Waals surface area (Å²) in [7, 11) is 1.81. The van der Waals surface area contributed by atoms with Crippen molar-refractivity contribution in [1.29, 1.82) is 0 Å². The molecule has 5 nitrogen and oxygen atoms in total. The van der Waals surface area contributed by atoms with Crippen molar-refractivity contribution in [3.63, 3.8) is 0 Å². The zero-order valence-corrected chi connectivity index (χ0v) is 13.5. The fourth-order valence-corrected chi connectivity index (χ4v) is 2.48. The number of nitrogens with zero attached hydrogens (tertiary/aromatic N) is 3. The number of benzene rings is 1. The van der Waals surface area contributed by atoms with Gasteiger partial charge in [0.15, 0.2) is 0 Å². The lowest BCUT2D eigenvalue weighted by molar-refractivity contribution is 1.15. The van der Waals surface area contributed by atoms with Crippen LogP contribution in [0.2, 0.25) is 0 Å². The molecule has 2 N–H and O–H groups in total. The third kappa shape index (κ3) is 3.63. The first kappa shape index (κ1) is 15.0. The molecule has 3 aromatic rings. The number of anilines is 3. The van der Waals surface area contributed by atoms with Gasteiger partial charge in [0.1, 0.15) is 5.82 Å². The van der Waals surface area contributed by atoms with E-state index >= 15 is 0 Å². The molecule has 0 fully saturated rings. The minimum absolute atomic E-state index is 0.568. The Bertz CT molecular complexity index is 795. The summed E-state index contributed by atoms with van der Waals surface area (Å²) in [5.74, 6) is 1.31. The molecule has 5 heteroatoms. The van der Waals surface area contributed by atoms with Crippen molar-refractivity contribution in [2.45, 2.75) is 13.8 Å². The second-order valence-corrected chi connectivity index (χ2v) is 5.46. The fraction of sp³-hybridized carbons (Fsp3) is 0.167. The second-order valence-electron chi connectivity index (χ2n) is 5.46. The minimum Gasteiger partial charge on any atom is -0.357 e. The summed E-state index contributed by atoms with van der Waals surface area (Å²) in [6.07, 6.45) is 3.54. The van der Waals surface area contributed by atoms with Crippen molar-refractivity contribution >= 4 is 17.5 Å². The van der Waals surface area contributed by atoms with E-state index in [1.54, 1.807) is 12.4 Å². The van der Waals surface area contributed by atoms with Crippen LogP contribution in [0.25, 0.3) is 11.3 Å². The molecule has 1 aromatic carbocycles. The number of aromatic nitrogens is 3. The largest absolute Gasteiger partial charge is 0.357 e. The topological polar surface area (TPSA) is 62.7 Å². The molecule has 0 unspecified atom stereocenters. The molecule has 0 atom stereocenters. The van der Waals surface area contributed by atoms with E-state index < -0.39 is 0 Å². The summed E-state index contributed by atoms with van der Waals surface area (Å²) in [5.41, 5.74) is 5.21. The van der Waals surface area contributed by atoms with Crippen LogP contribution in [0.4, 0.5) is 17.5 Å². The van der Waals surface area contributed by atoms with Gasteiger partial charge in [-0.3, -0.25) is 4.98 Å². The average molecular weight is 305 g/mol. The minimum atomic E-state index is 0.568. The van der Waals surface area contributed by atoms with E-state index in [2.05, 4.69) is 57.6 Å². The molecule has 0 spiro atoms. The van der Waals surface area contributed by atoms with Crippen LogP contribution in [0.5, 0.6) is 0 Å². The Labute approximate surface area is 135 Å². The van der Waals surface area contributed by atoms with Crippen molar-refractivity contribution in [1.82, 2.24) is 15.0 Å². The van der Waals surface area contributed by atoms with E-state index in [4.69, 9.17) is 0 Å². The Hall–Kier alpha value is -2.95. The molecule has 3 rings (SSSR count). The summed E-state index contributed by atoms with van der Waals surface area (Å²) in [4.78, 5) is 13.1. The molecule has 0 aliphatic carbocycles. The van der Waals surface area contributed by atoms with Crippen LogP contribution >= 0.6 is 0 Å². The Kier molecular flexibility index (Phi) is 4.19. The van der Waals surface area contributed by atoms with Crippen LogP contribution in [0.15, 0.2) is 48.8 Å². The maximum atomic E-state index is 4.50. The maximum absolute atomic E-state index is 4.50. The lowest BCUT2D eigenvalue weighted by Crippen LogP contribution is -2.02. The van der Waals surface area contributed by atoms with E-state index in [1.807, 2.05) is 25.2 Å². The second kappa shape index (κ2) is 6.44. The zero-order chi connectivity index (χ0) is 16.2. The Morgan fingerprint density at radius 2 is 1.74 bits per heavy atom. The van der Waals surface area contributed by atoms with Crippen LogP contribution < -0.4 is 10.6 Å². The van der Waals surface area contributed by atoms with Crippen LogP contribution in [0.1, 0.15) is 11.1 Å². The molecular weight excluding hydrogens is 286 g/mol. The average Bonchev–Trinajstić information content (AvgIpc) is 2.54. The van der Waals surface area contributed by atoms with E-state index in [0.29, 0.717) is 5.95 Å². The lowest BCUT2D eigenvalue weighted by Gasteiger charge is -2.11. The molecule has 2 aromatic heterocycles. The van der Waals surface area contributed by atoms with Crippen molar-refractivity contribution in [3.05, 3.63) is 59.9 Å². The van der Waals surface area contributed by atoms with Crippen molar-refractivity contribution in [3.8, 4) is 11.3 Å². The van der Waals surface area contributed by atoms with Gasteiger partial charge in [-0.25, -0.2) is 4.98 Å². The summed E-state index contributed by atoms with van der Waals surface area (Å²) in [6, 6.07) is 12.1. The summed E-state index contributed by atoms with van der Waals surface area (Å²) < 4.78 is 0. The lowest BCUT2D eigenvalue weighted by atomic mass is 10.1. The van der Waals surface area contributed by atoms with E-state index in [9.17, 15) is 0 Å². The van der Waals surface area contributed by atoms with Crippen molar-refractivity contribution < 1.29 is 0 Å². The molecule has 0 saturated carbocycles. The highest BCUT2D eigenvalue weighted by Gasteiger charge is 2.07. The zero-order valence-electron chi connectivity index (χ0n) is 13.5. The van der Waals surface area contributed by atoms with Crippen LogP contribution in [-0.2, 0) is 0 Å². The van der Waals surface area contributed by atoms with Gasteiger partial charge in [0, 0.05) is 36.8 Å². The molecule has 0 radical (unpaired) electrons. The standard InChI is InChI=1S/C18H19N5/c1-12-7-13(2)9-15(8-12)21-17-10-16(22-18(19-3)23-17)14-5-4-6-20-11-14/h4-11H,1-3H3,(H2,19,21,22,23). The van der Waals surface area contributed by atoms with E-state index in [0.717, 1.165) is 22.8 Å². The summed E-state index contributed by atoms with van der Waals surface area (Å²) in [5, 5.41) is 6.36. The predicted octanol–water partition coefficient (Wildman–Crippen LogP) is 3.94. The molecule has 0 bridgehead atoms. The maximum Gasteiger partial charge on any atom is 0.224 e. The van der Waals surface area contributed by atoms with Gasteiger partial charge < -0.3 is 10.6 Å². The van der Waals surface area contributed by atoms with Gasteiger partial charge >= 0.3 is 0 Å². The van der Waals surface area contributed by atoms with Gasteiger partial charge in [-0.1, -0.05) is 6.07 Å². The quantitative estimate of drug-likeness (QED) is 0.764. The van der Waals surface area contributed by atoms with E-state index in [1.165, 1.54) is 11.1 Å². The third-order valence-corrected chi connectivity index (χ3v) is 3.40. The molecular formula is C18H19N5. The van der Waals surface area contributed by atoms with Crippen LogP contribution in [0, 0.1) is 13.8 Å². The molecule has 0 aliphatic rings. The highest BCUT2D eigenvalue weighted by Crippen LogP contribution is 2.24. The van der Waals surface area contributed by atoms with Gasteiger partial charge in [0.05, 0.1) is 5.69 Å². The monoisotopic (exact) mass is 305 g/mol. The fourth-order valence-electron chi connectivity index (χ4n) is 2.48. The molecule has 0 saturated heterocycles. The number of pyridine rings is 1. The van der Waals surface area contributed by atoms with E-state index in [-0.39, 0.29) is 0 Å². The number of nitrogens with one attached hydrogen (secondary N) is 2. The predicted molar refractivity (Wildman–Crippen MR) is 94.0 cm³/mol. The Morgan fingerprint density at radius 3 is 2.39 bits per heavy atom. The number of aryl methyl sites for hydroxylation is 2. The first-order chi connectivity index (χ1) is 11.1. The van der Waals surface area contributed by atoms with Crippen molar-refractivity contribution in [2.75, 3.05) is 17.7 Å². The smallest absolute Gasteiger partial charge is 0.224 e. The van der Waals surface area contributed by atoms with Gasteiger partial charge in [-0.05, 0) is 49.2 Å². The molecule has 0 amide bonds. The van der Waals surface area contributed by atoms with Crippen LogP contribution in [0.3, 0.4) is 0 Å². The highest BCUT2D eigenvalue weighted by atomic mass is 15.1. The third-order valence-electron chi connectivity index (χ3n) is 3.40. The summed E-state index contributed by atoms with van der Waals surface area (Å²) >= 11 is 0. The number of rotatable bonds is 4. The molecule has 2 heterocycles. The Balaban J connectivity index is 1.98. The van der Waals surface area contributed by atoms with Gasteiger partial charge in [-0.15, -0.1) is 0 Å². The van der Waals surface area contributed by atoms with Gasteiger partial charge in [0.2, 0.25) is 5.95 Å². The normalized spacial score (nSPS) is 10.4. The summed E-state index contributed by atoms with van der Waals surface area (Å²) in [6.45, 7) is 4.16. The van der Waals surface area contributed by atoms with Crippen molar-refractivity contribution in [2.24, 2.45) is 0 Å². The first-order valence-electron chi connectivity index (χ1n) is 7.46.